The molecule has 4 rings (SSSR count). The predicted molar refractivity (Wildman–Crippen MR) is 94.6 cm³/mol. The van der Waals surface area contributed by atoms with Gasteiger partial charge in [0.25, 0.3) is 5.91 Å². The van der Waals surface area contributed by atoms with Crippen molar-refractivity contribution in [3.05, 3.63) is 46.9 Å². The van der Waals surface area contributed by atoms with E-state index in [9.17, 15) is 4.79 Å². The van der Waals surface area contributed by atoms with Gasteiger partial charge in [0.2, 0.25) is 0 Å². The molecule has 0 saturated carbocycles. The number of carbonyl (C=O) groups is 1. The first-order chi connectivity index (χ1) is 11.8. The van der Waals surface area contributed by atoms with Gasteiger partial charge < -0.3 is 14.5 Å². The molecule has 0 aliphatic carbocycles. The third kappa shape index (κ3) is 3.03. The van der Waals surface area contributed by atoms with Crippen LogP contribution in [-0.2, 0) is 4.74 Å². The van der Waals surface area contributed by atoms with E-state index in [4.69, 9.17) is 4.74 Å². The number of anilines is 1. The van der Waals surface area contributed by atoms with E-state index in [2.05, 4.69) is 16.0 Å². The highest BCUT2D eigenvalue weighted by molar-refractivity contribution is 7.08. The zero-order valence-electron chi connectivity index (χ0n) is 13.5. The number of amides is 1. The summed E-state index contributed by atoms with van der Waals surface area (Å²) in [4.78, 5) is 21.3. The maximum absolute atomic E-state index is 12.6. The van der Waals surface area contributed by atoms with Gasteiger partial charge in [-0.2, -0.15) is 11.3 Å². The topological polar surface area (TPSA) is 45.7 Å². The van der Waals surface area contributed by atoms with Crippen LogP contribution in [0.1, 0.15) is 23.2 Å². The van der Waals surface area contributed by atoms with Gasteiger partial charge >= 0.3 is 0 Å². The summed E-state index contributed by atoms with van der Waals surface area (Å²) in [5.74, 6) is 0.142. The molecule has 1 amide bonds. The first-order valence-corrected chi connectivity index (χ1v) is 9.37. The van der Waals surface area contributed by atoms with Crippen molar-refractivity contribution in [3.63, 3.8) is 0 Å². The number of nitrogens with zero attached hydrogens (tertiary/aromatic N) is 3. The van der Waals surface area contributed by atoms with E-state index in [0.717, 1.165) is 50.3 Å². The molecule has 6 heteroatoms. The van der Waals surface area contributed by atoms with E-state index in [1.54, 1.807) is 17.5 Å². The fourth-order valence-corrected chi connectivity index (χ4v) is 4.33. The highest BCUT2D eigenvalue weighted by Gasteiger charge is 2.36. The first kappa shape index (κ1) is 15.6. The number of carbonyl (C=O) groups excluding carboxylic acids is 1. The molecule has 2 aliphatic heterocycles. The number of ether oxygens (including phenoxy) is 1. The van der Waals surface area contributed by atoms with Crippen LogP contribution in [0.5, 0.6) is 0 Å². The lowest BCUT2D eigenvalue weighted by Crippen LogP contribution is -2.51. The molecule has 0 bridgehead atoms. The average molecular weight is 343 g/mol. The third-order valence-electron chi connectivity index (χ3n) is 4.90. The molecule has 0 aromatic carbocycles. The Bertz CT molecular complexity index is 677. The second-order valence-electron chi connectivity index (χ2n) is 6.26. The van der Waals surface area contributed by atoms with Crippen LogP contribution < -0.4 is 4.90 Å². The summed E-state index contributed by atoms with van der Waals surface area (Å²) in [6.07, 6.45) is 5.71. The molecule has 0 N–H and O–H groups in total. The Balaban J connectivity index is 1.51. The minimum atomic E-state index is 0.142. The van der Waals surface area contributed by atoms with Gasteiger partial charge in [-0.05, 0) is 36.4 Å². The molecular weight excluding hydrogens is 322 g/mol. The van der Waals surface area contributed by atoms with Crippen molar-refractivity contribution in [1.29, 1.82) is 0 Å². The quantitative estimate of drug-likeness (QED) is 0.841. The summed E-state index contributed by atoms with van der Waals surface area (Å²) in [7, 11) is 0. The van der Waals surface area contributed by atoms with E-state index < -0.39 is 0 Å². The second kappa shape index (κ2) is 6.91. The standard InChI is InChI=1S/C18H21N3O2S/c22-18(14-5-11-24-13-14)20-7-3-16-17(4-8-20)23-10-9-21(16)15-2-1-6-19-12-15/h1-2,5-6,11-13,16-17H,3-4,7-10H2/t16-,17+/m0/s1. The van der Waals surface area contributed by atoms with Gasteiger partial charge in [0.1, 0.15) is 0 Å². The van der Waals surface area contributed by atoms with Gasteiger partial charge in [-0.3, -0.25) is 9.78 Å². The molecule has 2 aliphatic rings. The van der Waals surface area contributed by atoms with Crippen molar-refractivity contribution in [2.45, 2.75) is 25.0 Å². The highest BCUT2D eigenvalue weighted by Crippen LogP contribution is 2.28. The van der Waals surface area contributed by atoms with Crippen LogP contribution in [0.2, 0.25) is 0 Å². The van der Waals surface area contributed by atoms with Crippen LogP contribution in [0, 0.1) is 0 Å². The highest BCUT2D eigenvalue weighted by atomic mass is 32.1. The molecule has 0 spiro atoms. The van der Waals surface area contributed by atoms with Crippen LogP contribution >= 0.6 is 11.3 Å². The molecule has 4 heterocycles. The Morgan fingerprint density at radius 3 is 2.96 bits per heavy atom. The lowest BCUT2D eigenvalue weighted by atomic mass is 10.0. The smallest absolute Gasteiger partial charge is 0.254 e. The molecule has 0 radical (unpaired) electrons. The number of hydrogen-bond acceptors (Lipinski definition) is 5. The third-order valence-corrected chi connectivity index (χ3v) is 5.59. The van der Waals surface area contributed by atoms with E-state index >= 15 is 0 Å². The molecule has 2 aromatic heterocycles. The molecule has 0 unspecified atom stereocenters. The normalized spacial score (nSPS) is 24.3. The number of morpholine rings is 1. The lowest BCUT2D eigenvalue weighted by Gasteiger charge is -2.41. The summed E-state index contributed by atoms with van der Waals surface area (Å²) in [5, 5.41) is 3.89. The number of likely N-dealkylation sites (tertiary alicyclic amines) is 1. The first-order valence-electron chi connectivity index (χ1n) is 8.42. The SMILES string of the molecule is O=C(c1ccsc1)N1CC[C@H]2OCCN(c3cccnc3)[C@H]2CC1. The van der Waals surface area contributed by atoms with Gasteiger partial charge in [-0.15, -0.1) is 0 Å². The fraction of sp³-hybridized carbons (Fsp3) is 0.444. The zero-order valence-corrected chi connectivity index (χ0v) is 14.3. The minimum absolute atomic E-state index is 0.142. The Kier molecular flexibility index (Phi) is 4.49. The van der Waals surface area contributed by atoms with Crippen LogP contribution in [0.3, 0.4) is 0 Å². The van der Waals surface area contributed by atoms with Crippen LogP contribution in [0.4, 0.5) is 5.69 Å². The van der Waals surface area contributed by atoms with Gasteiger partial charge in [0.15, 0.2) is 0 Å². The minimum Gasteiger partial charge on any atom is -0.374 e. The molecule has 2 aromatic rings. The zero-order chi connectivity index (χ0) is 16.4. The number of hydrogen-bond donors (Lipinski definition) is 0. The molecule has 2 atom stereocenters. The largest absolute Gasteiger partial charge is 0.374 e. The molecule has 24 heavy (non-hydrogen) atoms. The van der Waals surface area contributed by atoms with Crippen molar-refractivity contribution >= 4 is 22.9 Å². The lowest BCUT2D eigenvalue weighted by molar-refractivity contribution is 0.00907. The van der Waals surface area contributed by atoms with E-state index in [-0.39, 0.29) is 12.0 Å². The number of rotatable bonds is 2. The Morgan fingerprint density at radius 1 is 1.25 bits per heavy atom. The second-order valence-corrected chi connectivity index (χ2v) is 7.04. The van der Waals surface area contributed by atoms with Gasteiger partial charge in [-0.25, -0.2) is 0 Å². The van der Waals surface area contributed by atoms with E-state index in [1.807, 2.05) is 34.0 Å². The van der Waals surface area contributed by atoms with Gasteiger partial charge in [-0.1, -0.05) is 0 Å². The molecule has 2 saturated heterocycles. The summed E-state index contributed by atoms with van der Waals surface area (Å²) >= 11 is 1.57. The molecule has 2 fully saturated rings. The summed E-state index contributed by atoms with van der Waals surface area (Å²) in [6.45, 7) is 3.15. The summed E-state index contributed by atoms with van der Waals surface area (Å²) in [5.41, 5.74) is 1.95. The average Bonchev–Trinajstić information content (AvgIpc) is 3.08. The number of thiophene rings is 1. The van der Waals surface area contributed by atoms with Gasteiger partial charge in [0, 0.05) is 31.2 Å². The van der Waals surface area contributed by atoms with Crippen molar-refractivity contribution in [3.8, 4) is 0 Å². The Morgan fingerprint density at radius 2 is 2.17 bits per heavy atom. The van der Waals surface area contributed by atoms with Crippen molar-refractivity contribution < 1.29 is 9.53 Å². The van der Waals surface area contributed by atoms with Crippen molar-refractivity contribution in [1.82, 2.24) is 9.88 Å². The Labute approximate surface area is 145 Å². The molecule has 5 nitrogen and oxygen atoms in total. The van der Waals surface area contributed by atoms with Crippen molar-refractivity contribution in [2.75, 3.05) is 31.1 Å². The number of aromatic nitrogens is 1. The molecular formula is C18H21N3O2S. The van der Waals surface area contributed by atoms with Crippen LogP contribution in [0.15, 0.2) is 41.4 Å². The maximum Gasteiger partial charge on any atom is 0.254 e. The molecule has 126 valence electrons. The maximum atomic E-state index is 12.6. The summed E-state index contributed by atoms with van der Waals surface area (Å²) in [6, 6.07) is 6.30. The van der Waals surface area contributed by atoms with Crippen LogP contribution in [0.25, 0.3) is 0 Å². The number of pyridine rings is 1. The number of fused-ring (bicyclic) bond motifs is 1. The predicted octanol–water partition coefficient (Wildman–Crippen LogP) is 2.65. The Hall–Kier alpha value is -1.92. The van der Waals surface area contributed by atoms with Crippen molar-refractivity contribution in [2.24, 2.45) is 0 Å². The van der Waals surface area contributed by atoms with Crippen LogP contribution in [-0.4, -0.2) is 54.2 Å². The van der Waals surface area contributed by atoms with E-state index in [1.165, 1.54) is 0 Å². The van der Waals surface area contributed by atoms with E-state index in [0.29, 0.717) is 6.04 Å². The fourth-order valence-electron chi connectivity index (χ4n) is 3.70. The monoisotopic (exact) mass is 343 g/mol. The van der Waals surface area contributed by atoms with Gasteiger partial charge in [0.05, 0.1) is 36.2 Å². The summed E-state index contributed by atoms with van der Waals surface area (Å²) < 4.78 is 6.03.